The van der Waals surface area contributed by atoms with E-state index in [9.17, 15) is 47.9 Å². The Balaban J connectivity index is 1.75. The summed E-state index contributed by atoms with van der Waals surface area (Å²) in [7, 11) is 4.13. The molecule has 2 aliphatic heterocycles. The minimum atomic E-state index is -1.64. The van der Waals surface area contributed by atoms with Gasteiger partial charge in [-0.2, -0.15) is 0 Å². The van der Waals surface area contributed by atoms with Gasteiger partial charge in [0.1, 0.15) is 48.0 Å². The van der Waals surface area contributed by atoms with Gasteiger partial charge in [0.05, 0.1) is 20.1 Å². The van der Waals surface area contributed by atoms with E-state index in [4.69, 9.17) is 27.7 Å². The summed E-state index contributed by atoms with van der Waals surface area (Å²) in [5.74, 6) is -8.20. The molecule has 1 saturated carbocycles. The van der Waals surface area contributed by atoms with Gasteiger partial charge >= 0.3 is 0 Å². The number of carbonyl (C=O) groups excluding carboxylic acids is 10. The van der Waals surface area contributed by atoms with Gasteiger partial charge in [0.2, 0.25) is 59.1 Å². The Bertz CT molecular complexity index is 2230. The monoisotopic (exact) mass is 1090 g/mol. The molecule has 2 heterocycles. The van der Waals surface area contributed by atoms with Crippen molar-refractivity contribution in [2.24, 2.45) is 39.8 Å². The summed E-state index contributed by atoms with van der Waals surface area (Å²) < 4.78 is 4.63. The highest BCUT2D eigenvalue weighted by Gasteiger charge is 2.43. The van der Waals surface area contributed by atoms with E-state index in [0.29, 0.717) is 37.0 Å². The molecule has 3 aliphatic rings. The van der Waals surface area contributed by atoms with Crippen molar-refractivity contribution in [2.75, 3.05) is 32.5 Å². The number of ether oxygens (including phenoxy) is 1. The summed E-state index contributed by atoms with van der Waals surface area (Å²) in [5, 5.41) is 18.9. The average molecular weight is 1090 g/mol. The van der Waals surface area contributed by atoms with Gasteiger partial charge in [-0.25, -0.2) is 0 Å². The van der Waals surface area contributed by atoms with Crippen LogP contribution in [0.2, 0.25) is 0 Å². The number of methoxy groups -OCH3 is 1. The third kappa shape index (κ3) is 19.1. The highest BCUT2D eigenvalue weighted by Crippen LogP contribution is 2.48. The Labute approximate surface area is 445 Å². The van der Waals surface area contributed by atoms with Crippen LogP contribution >= 0.6 is 21.6 Å². The van der Waals surface area contributed by atoms with Crippen LogP contribution in [0, 0.1) is 11.8 Å². The number of nitrogens with two attached hydrogens (primary N) is 4. The number of benzene rings is 1. The second-order valence-corrected chi connectivity index (χ2v) is 22.5. The molecule has 1 spiro atoms. The predicted octanol–water partition coefficient (Wildman–Crippen LogP) is -1.14. The fourth-order valence-corrected chi connectivity index (χ4v) is 12.5. The summed E-state index contributed by atoms with van der Waals surface area (Å²) in [4.78, 5) is 143. The first-order valence-electron chi connectivity index (χ1n) is 25.5. The smallest absolute Gasteiger partial charge is 0.246 e. The second kappa shape index (κ2) is 29.7. The third-order valence-corrected chi connectivity index (χ3v) is 16.8. The topological polar surface area (TPSA) is 384 Å². The first kappa shape index (κ1) is 61.2. The molecule has 0 unspecified atom stereocenters. The van der Waals surface area contributed by atoms with E-state index in [-0.39, 0.29) is 56.9 Å². The zero-order chi connectivity index (χ0) is 55.4. The molecule has 1 aliphatic carbocycles. The summed E-state index contributed by atoms with van der Waals surface area (Å²) in [6.07, 6.45) is 4.31. The van der Waals surface area contributed by atoms with E-state index < -0.39 is 131 Å². The predicted molar refractivity (Wildman–Crippen MR) is 284 cm³/mol. The van der Waals surface area contributed by atoms with Crippen molar-refractivity contribution in [1.29, 1.82) is 0 Å². The van der Waals surface area contributed by atoms with Gasteiger partial charge in [-0.05, 0) is 68.1 Å². The average Bonchev–Trinajstić information content (AvgIpc) is 3.86. The van der Waals surface area contributed by atoms with Gasteiger partial charge in [-0.3, -0.25) is 52.9 Å². The molecule has 416 valence electrons. The van der Waals surface area contributed by atoms with Crippen LogP contribution in [0.1, 0.15) is 110 Å². The standard InChI is InChI=1S/C49H77N13O11S2/c1-6-28(4)40-46(71)60-39(27(2)3)45(70)58-33(23-36(50)63)42(67)59-34(47(72)62-21-11-13-35(62)44(69)57-31(12-10-20-54-48(52)53)41(66)55-25-37(51)64)26-74-75-49(18-8-7-9-19-49)24-38(65)56-32(43(68)61-40)22-29-14-16-30(73-5)17-15-29/h14-17,27-28,31-35,39-40H,6-13,18-26H2,1-5H3,(H2,50,63)(H2,51,64)(H,55,66)(H,56,65)(H,57,69)(H,58,70)(H,59,67)(H,60,71)(H,61,68)(H4,52,53,54)/t28-,31-,32+,33+,34+,35-,39-,40+/m0/s1. The molecule has 0 aromatic heterocycles. The van der Waals surface area contributed by atoms with Crippen molar-refractivity contribution in [3.05, 3.63) is 29.8 Å². The molecular weight excluding hydrogens is 1010 g/mol. The number of rotatable bonds is 18. The molecule has 1 aromatic carbocycles. The molecule has 2 saturated heterocycles. The Hall–Kier alpha value is -6.31. The van der Waals surface area contributed by atoms with Gasteiger partial charge < -0.3 is 69.8 Å². The molecule has 1 aromatic rings. The van der Waals surface area contributed by atoms with E-state index in [1.807, 2.05) is 6.92 Å². The molecular formula is C49H77N13O11S2. The number of nitrogens with one attached hydrogen (secondary N) is 7. The van der Waals surface area contributed by atoms with Gasteiger partial charge in [0.15, 0.2) is 5.96 Å². The number of nitrogens with zero attached hydrogens (tertiary/aromatic N) is 2. The zero-order valence-corrected chi connectivity index (χ0v) is 45.2. The molecule has 0 radical (unpaired) electrons. The van der Waals surface area contributed by atoms with Crippen molar-refractivity contribution in [1.82, 2.24) is 42.1 Å². The van der Waals surface area contributed by atoms with E-state index >= 15 is 0 Å². The van der Waals surface area contributed by atoms with Crippen LogP contribution in [0.25, 0.3) is 0 Å². The lowest BCUT2D eigenvalue weighted by molar-refractivity contribution is -0.142. The van der Waals surface area contributed by atoms with Crippen LogP contribution in [0.4, 0.5) is 0 Å². The van der Waals surface area contributed by atoms with E-state index in [0.717, 1.165) is 19.3 Å². The number of aliphatic imine (C=N–C) groups is 1. The van der Waals surface area contributed by atoms with Crippen molar-refractivity contribution in [2.45, 2.75) is 158 Å². The first-order chi connectivity index (χ1) is 35.6. The Morgan fingerprint density at radius 2 is 1.48 bits per heavy atom. The lowest BCUT2D eigenvalue weighted by atomic mass is 9.85. The number of hydrogen-bond donors (Lipinski definition) is 11. The van der Waals surface area contributed by atoms with E-state index in [1.54, 1.807) is 45.0 Å². The molecule has 10 amide bonds. The number of guanidine groups is 1. The minimum Gasteiger partial charge on any atom is -0.497 e. The minimum absolute atomic E-state index is 0.0192. The van der Waals surface area contributed by atoms with E-state index in [1.165, 1.54) is 33.6 Å². The van der Waals surface area contributed by atoms with Crippen molar-refractivity contribution in [3.63, 3.8) is 0 Å². The quantitative estimate of drug-likeness (QED) is 0.0358. The van der Waals surface area contributed by atoms with Crippen LogP contribution in [-0.4, -0.2) is 149 Å². The van der Waals surface area contributed by atoms with Crippen molar-refractivity contribution < 1.29 is 52.7 Å². The number of carbonyl (C=O) groups is 10. The number of primary amides is 2. The number of likely N-dealkylation sites (tertiary alicyclic amines) is 1. The molecule has 24 nitrogen and oxygen atoms in total. The molecule has 3 fully saturated rings. The van der Waals surface area contributed by atoms with Crippen LogP contribution in [0.5, 0.6) is 5.75 Å². The normalized spacial score (nSPS) is 24.0. The highest BCUT2D eigenvalue weighted by atomic mass is 33.1. The van der Waals surface area contributed by atoms with Crippen molar-refractivity contribution >= 4 is 86.6 Å². The Morgan fingerprint density at radius 1 is 0.827 bits per heavy atom. The van der Waals surface area contributed by atoms with Gasteiger partial charge in [0, 0.05) is 36.4 Å². The zero-order valence-electron chi connectivity index (χ0n) is 43.5. The first-order valence-corrected chi connectivity index (χ1v) is 27.8. The SMILES string of the molecule is CC[C@H](C)[C@H]1NC(=O)[C@@H](Cc2ccc(OC)cc2)NC(=O)CC2(CCCCC2)SSC[C@H](C(=O)N2CCC[C@H]2C(=O)N[C@@H](CCCN=C(N)N)C(=O)NCC(N)=O)NC(=O)[C@@H](CC(N)=O)NC(=O)[C@H](C(C)C)NC1=O. The maximum atomic E-state index is 14.9. The highest BCUT2D eigenvalue weighted by molar-refractivity contribution is 8.77. The summed E-state index contributed by atoms with van der Waals surface area (Å²) in [6.45, 7) is 6.60. The Morgan fingerprint density at radius 3 is 2.09 bits per heavy atom. The third-order valence-electron chi connectivity index (χ3n) is 13.5. The largest absolute Gasteiger partial charge is 0.497 e. The Kier molecular flexibility index (Phi) is 24.2. The van der Waals surface area contributed by atoms with Crippen LogP contribution in [0.3, 0.4) is 0 Å². The molecule has 0 bridgehead atoms. The van der Waals surface area contributed by atoms with Gasteiger partial charge in [0.25, 0.3) is 0 Å². The van der Waals surface area contributed by atoms with Gasteiger partial charge in [-0.15, -0.1) is 0 Å². The van der Waals surface area contributed by atoms with Crippen LogP contribution in [-0.2, 0) is 54.4 Å². The summed E-state index contributed by atoms with van der Waals surface area (Å²) >= 11 is 0. The van der Waals surface area contributed by atoms with Crippen LogP contribution < -0.4 is 64.9 Å². The molecule has 75 heavy (non-hydrogen) atoms. The maximum Gasteiger partial charge on any atom is 0.246 e. The number of hydrogen-bond acceptors (Lipinski definition) is 14. The van der Waals surface area contributed by atoms with Crippen LogP contribution in [0.15, 0.2) is 29.3 Å². The summed E-state index contributed by atoms with van der Waals surface area (Å²) in [5.41, 5.74) is 22.5. The molecule has 26 heteroatoms. The van der Waals surface area contributed by atoms with Gasteiger partial charge in [-0.1, -0.05) is 87.1 Å². The molecule has 4 rings (SSSR count). The molecule has 8 atom stereocenters. The lowest BCUT2D eigenvalue weighted by Crippen LogP contribution is -2.62. The maximum absolute atomic E-state index is 14.9. The number of amides is 10. The lowest BCUT2D eigenvalue weighted by Gasteiger charge is -2.37. The van der Waals surface area contributed by atoms with E-state index in [2.05, 4.69) is 42.2 Å². The second-order valence-electron chi connectivity index (χ2n) is 19.7. The van der Waals surface area contributed by atoms with Crippen molar-refractivity contribution in [3.8, 4) is 5.75 Å². The summed E-state index contributed by atoms with van der Waals surface area (Å²) in [6, 6.07) is -1.94. The fraction of sp³-hybridized carbons (Fsp3) is 0.653. The molecule has 15 N–H and O–H groups in total. The fourth-order valence-electron chi connectivity index (χ4n) is 9.15.